The van der Waals surface area contributed by atoms with Crippen molar-refractivity contribution in [1.82, 2.24) is 4.98 Å². The van der Waals surface area contributed by atoms with Crippen LogP contribution in [0.4, 0.5) is 0 Å². The lowest BCUT2D eigenvalue weighted by Crippen LogP contribution is -3.13. The molecule has 0 atom stereocenters. The third-order valence-corrected chi connectivity index (χ3v) is 4.70. The van der Waals surface area contributed by atoms with Gasteiger partial charge in [-0.05, 0) is 18.6 Å². The summed E-state index contributed by atoms with van der Waals surface area (Å²) in [4.78, 5) is 6.11. The van der Waals surface area contributed by atoms with E-state index in [9.17, 15) is 0 Å². The number of nitrogens with one attached hydrogen (secondary N) is 1. The summed E-state index contributed by atoms with van der Waals surface area (Å²) < 4.78 is 0. The Kier molecular flexibility index (Phi) is 7.38. The fourth-order valence-electron chi connectivity index (χ4n) is 2.35. The predicted molar refractivity (Wildman–Crippen MR) is 74.0 cm³/mol. The zero-order valence-corrected chi connectivity index (χ0v) is 13.0. The molecule has 0 aromatic carbocycles. The Morgan fingerprint density at radius 2 is 2.11 bits per heavy atom. The Morgan fingerprint density at radius 3 is 2.72 bits per heavy atom. The highest BCUT2D eigenvalue weighted by Gasteiger charge is 2.22. The van der Waals surface area contributed by atoms with Crippen LogP contribution in [0.5, 0.6) is 0 Å². The van der Waals surface area contributed by atoms with Crippen LogP contribution < -0.4 is 17.3 Å². The predicted octanol–water partition coefficient (Wildman–Crippen LogP) is -0.712. The van der Waals surface area contributed by atoms with Gasteiger partial charge in [-0.3, -0.25) is 0 Å². The highest BCUT2D eigenvalue weighted by atomic mass is 35.5. The van der Waals surface area contributed by atoms with E-state index in [-0.39, 0.29) is 12.4 Å². The fourth-order valence-corrected chi connectivity index (χ4v) is 3.68. The molecule has 2 nitrogen and oxygen atoms in total. The van der Waals surface area contributed by atoms with Crippen molar-refractivity contribution >= 4 is 23.4 Å². The van der Waals surface area contributed by atoms with Gasteiger partial charge in [0.25, 0.3) is 0 Å². The van der Waals surface area contributed by atoms with Gasteiger partial charge in [0.05, 0.1) is 24.7 Å². The number of nitrogens with zero attached hydrogens (tertiary/aromatic N) is 1. The maximum absolute atomic E-state index is 5.90. The molecule has 1 saturated heterocycles. The van der Waals surface area contributed by atoms with Gasteiger partial charge in [-0.1, -0.05) is 24.6 Å². The van der Waals surface area contributed by atoms with E-state index in [4.69, 9.17) is 11.6 Å². The van der Waals surface area contributed by atoms with Crippen molar-refractivity contribution in [2.24, 2.45) is 0 Å². The van der Waals surface area contributed by atoms with Crippen LogP contribution in [0.3, 0.4) is 0 Å². The van der Waals surface area contributed by atoms with E-state index in [2.05, 4.69) is 18.0 Å². The molecule has 18 heavy (non-hydrogen) atoms. The zero-order valence-electron chi connectivity index (χ0n) is 10.7. The molecule has 2 heterocycles. The molecular formula is C13H20Cl2N2S. The van der Waals surface area contributed by atoms with E-state index in [0.29, 0.717) is 5.15 Å². The first kappa shape index (κ1) is 16.1. The van der Waals surface area contributed by atoms with Gasteiger partial charge < -0.3 is 17.3 Å². The van der Waals surface area contributed by atoms with Crippen molar-refractivity contribution in [3.63, 3.8) is 0 Å². The molecule has 1 aromatic rings. The molecule has 0 amide bonds. The molecule has 0 unspecified atom stereocenters. The van der Waals surface area contributed by atoms with Crippen LogP contribution in [0.2, 0.25) is 5.15 Å². The molecule has 0 spiro atoms. The van der Waals surface area contributed by atoms with Crippen molar-refractivity contribution in [2.75, 3.05) is 19.6 Å². The van der Waals surface area contributed by atoms with Crippen molar-refractivity contribution in [1.29, 1.82) is 0 Å². The summed E-state index contributed by atoms with van der Waals surface area (Å²) in [6, 6.07) is 5.87. The van der Waals surface area contributed by atoms with Crippen LogP contribution in [-0.2, 0) is 0 Å². The van der Waals surface area contributed by atoms with Gasteiger partial charge in [-0.25, -0.2) is 4.98 Å². The summed E-state index contributed by atoms with van der Waals surface area (Å²) >= 11 is 7.79. The average Bonchev–Trinajstić information content (AvgIpc) is 2.32. The third-order valence-electron chi connectivity index (χ3n) is 3.22. The lowest BCUT2D eigenvalue weighted by Gasteiger charge is -2.28. The summed E-state index contributed by atoms with van der Waals surface area (Å²) in [5, 5.41) is 2.40. The number of likely N-dealkylation sites (tertiary alicyclic amines) is 1. The Balaban J connectivity index is 0.00000162. The minimum absolute atomic E-state index is 0. The number of piperidine rings is 1. The topological polar surface area (TPSA) is 17.3 Å². The Hall–Kier alpha value is 0.0400. The standard InChI is InChI=1S/C13H19ClN2S.ClH/c1-2-8-16-9-6-11(7-10-16)17-13-5-3-4-12(14)15-13;/h3-5,11H,2,6-10H2,1H3;1H. The number of hydrogen-bond donors (Lipinski definition) is 1. The smallest absolute Gasteiger partial charge is 0.130 e. The molecule has 1 fully saturated rings. The van der Waals surface area contributed by atoms with Crippen LogP contribution in [0.15, 0.2) is 23.2 Å². The van der Waals surface area contributed by atoms with E-state index in [1.54, 1.807) is 4.90 Å². The van der Waals surface area contributed by atoms with E-state index in [0.717, 1.165) is 10.3 Å². The molecule has 0 saturated carbocycles. The number of aromatic nitrogens is 1. The highest BCUT2D eigenvalue weighted by molar-refractivity contribution is 7.99. The van der Waals surface area contributed by atoms with Crippen LogP contribution >= 0.6 is 23.4 Å². The molecule has 5 heteroatoms. The van der Waals surface area contributed by atoms with Gasteiger partial charge in [0, 0.05) is 18.1 Å². The molecule has 1 aliphatic heterocycles. The molecular weight excluding hydrogens is 287 g/mol. The molecule has 2 rings (SSSR count). The summed E-state index contributed by atoms with van der Waals surface area (Å²) in [7, 11) is 0. The van der Waals surface area contributed by atoms with Crippen LogP contribution in [0.25, 0.3) is 0 Å². The first-order valence-corrected chi connectivity index (χ1v) is 7.66. The molecule has 0 bridgehead atoms. The Labute approximate surface area is 125 Å². The lowest BCUT2D eigenvalue weighted by molar-refractivity contribution is -0.904. The van der Waals surface area contributed by atoms with Crippen LogP contribution in [0, 0.1) is 0 Å². The van der Waals surface area contributed by atoms with Crippen molar-refractivity contribution in [2.45, 2.75) is 36.5 Å². The quantitative estimate of drug-likeness (QED) is 0.740. The number of quaternary nitrogens is 1. The second-order valence-electron chi connectivity index (χ2n) is 4.62. The molecule has 1 aliphatic rings. The molecule has 1 N–H and O–H groups in total. The number of pyridine rings is 1. The summed E-state index contributed by atoms with van der Waals surface area (Å²) in [5.74, 6) is 0. The van der Waals surface area contributed by atoms with Gasteiger partial charge in [0.15, 0.2) is 0 Å². The second kappa shape index (κ2) is 8.26. The van der Waals surface area contributed by atoms with E-state index in [1.807, 2.05) is 23.9 Å². The van der Waals surface area contributed by atoms with Gasteiger partial charge >= 0.3 is 0 Å². The largest absolute Gasteiger partial charge is 1.00 e. The Morgan fingerprint density at radius 1 is 1.39 bits per heavy atom. The van der Waals surface area contributed by atoms with Gasteiger partial charge in [0.1, 0.15) is 5.15 Å². The first-order valence-electron chi connectivity index (χ1n) is 6.40. The Bertz CT molecular complexity index is 355. The van der Waals surface area contributed by atoms with Gasteiger partial charge in [0.2, 0.25) is 0 Å². The average molecular weight is 307 g/mol. The first-order chi connectivity index (χ1) is 8.28. The van der Waals surface area contributed by atoms with Crippen LogP contribution in [0.1, 0.15) is 26.2 Å². The molecule has 102 valence electrons. The number of thioether (sulfide) groups is 1. The summed E-state index contributed by atoms with van der Waals surface area (Å²) in [6.07, 6.45) is 3.89. The SMILES string of the molecule is CCC[NH+]1CCC(Sc2cccc(Cl)n2)CC1.[Cl-]. The molecule has 0 aliphatic carbocycles. The zero-order chi connectivity index (χ0) is 12.1. The summed E-state index contributed by atoms with van der Waals surface area (Å²) in [6.45, 7) is 6.22. The minimum atomic E-state index is 0. The monoisotopic (exact) mass is 306 g/mol. The van der Waals surface area contributed by atoms with Crippen molar-refractivity contribution in [3.05, 3.63) is 23.4 Å². The van der Waals surface area contributed by atoms with Crippen LogP contribution in [-0.4, -0.2) is 29.9 Å². The van der Waals surface area contributed by atoms with Gasteiger partial charge in [-0.15, -0.1) is 11.8 Å². The van der Waals surface area contributed by atoms with Crippen molar-refractivity contribution < 1.29 is 17.3 Å². The highest BCUT2D eigenvalue weighted by Crippen LogP contribution is 2.27. The maximum atomic E-state index is 5.90. The number of halogens is 2. The second-order valence-corrected chi connectivity index (χ2v) is 6.32. The fraction of sp³-hybridized carbons (Fsp3) is 0.615. The molecule has 1 aromatic heterocycles. The number of rotatable bonds is 4. The third kappa shape index (κ3) is 4.96. The number of hydrogen-bond acceptors (Lipinski definition) is 2. The maximum Gasteiger partial charge on any atom is 0.130 e. The minimum Gasteiger partial charge on any atom is -1.00 e. The van der Waals surface area contributed by atoms with Crippen molar-refractivity contribution in [3.8, 4) is 0 Å². The lowest BCUT2D eigenvalue weighted by atomic mass is 10.1. The normalized spacial score (nSPS) is 23.4. The van der Waals surface area contributed by atoms with E-state index in [1.165, 1.54) is 38.9 Å². The summed E-state index contributed by atoms with van der Waals surface area (Å²) in [5.41, 5.74) is 0. The van der Waals surface area contributed by atoms with E-state index >= 15 is 0 Å². The van der Waals surface area contributed by atoms with Gasteiger partial charge in [-0.2, -0.15) is 0 Å². The van der Waals surface area contributed by atoms with E-state index < -0.39 is 0 Å². The molecule has 0 radical (unpaired) electrons.